The van der Waals surface area contributed by atoms with E-state index in [1.54, 1.807) is 25.4 Å². The van der Waals surface area contributed by atoms with Crippen molar-refractivity contribution in [1.29, 1.82) is 0 Å². The minimum atomic E-state index is -0.253. The lowest BCUT2D eigenvalue weighted by atomic mass is 10.0. The van der Waals surface area contributed by atoms with E-state index in [1.165, 1.54) is 12.1 Å². The van der Waals surface area contributed by atoms with Crippen molar-refractivity contribution < 1.29 is 18.3 Å². The molecular formula is C26H29FN4O3. The summed E-state index contributed by atoms with van der Waals surface area (Å²) in [4.78, 5) is 23.6. The van der Waals surface area contributed by atoms with Gasteiger partial charge in [-0.25, -0.2) is 14.2 Å². The van der Waals surface area contributed by atoms with E-state index < -0.39 is 0 Å². The van der Waals surface area contributed by atoms with Gasteiger partial charge in [-0.2, -0.15) is 0 Å². The third-order valence-corrected chi connectivity index (χ3v) is 6.74. The largest absolute Gasteiger partial charge is 0.496 e. The van der Waals surface area contributed by atoms with E-state index in [0.29, 0.717) is 24.7 Å². The minimum Gasteiger partial charge on any atom is -0.496 e. The van der Waals surface area contributed by atoms with Crippen LogP contribution in [0, 0.1) is 12.7 Å². The van der Waals surface area contributed by atoms with Crippen LogP contribution in [0.5, 0.6) is 5.75 Å². The second-order valence-corrected chi connectivity index (χ2v) is 8.79. The fourth-order valence-corrected chi connectivity index (χ4v) is 4.93. The molecule has 2 aromatic carbocycles. The van der Waals surface area contributed by atoms with E-state index in [9.17, 15) is 9.18 Å². The summed E-state index contributed by atoms with van der Waals surface area (Å²) < 4.78 is 24.6. The van der Waals surface area contributed by atoms with E-state index in [4.69, 9.17) is 9.15 Å². The number of benzene rings is 2. The summed E-state index contributed by atoms with van der Waals surface area (Å²) in [7, 11) is 1.65. The molecule has 2 aliphatic heterocycles. The molecule has 0 saturated carbocycles. The van der Waals surface area contributed by atoms with Crippen LogP contribution in [0.3, 0.4) is 0 Å². The molecule has 2 aliphatic rings. The zero-order valence-electron chi connectivity index (χ0n) is 19.5. The molecule has 0 bridgehead atoms. The SMILES string of the molecule is COc1cc(N2CCN(C(=O)N3CCCC3c3ccc(F)cc3)CC2)ccc1-c1cnc(C)o1. The Labute approximate surface area is 198 Å². The summed E-state index contributed by atoms with van der Waals surface area (Å²) in [6.07, 6.45) is 3.58. The zero-order valence-corrected chi connectivity index (χ0v) is 19.5. The number of urea groups is 1. The molecule has 8 heteroatoms. The lowest BCUT2D eigenvalue weighted by molar-refractivity contribution is 0.145. The first-order valence-electron chi connectivity index (χ1n) is 11.7. The molecule has 1 unspecified atom stereocenters. The van der Waals surface area contributed by atoms with Gasteiger partial charge in [0.1, 0.15) is 11.6 Å². The topological polar surface area (TPSA) is 62.1 Å². The van der Waals surface area contributed by atoms with Crippen LogP contribution in [0.4, 0.5) is 14.9 Å². The Morgan fingerprint density at radius 3 is 2.53 bits per heavy atom. The number of aromatic nitrogens is 1. The second kappa shape index (κ2) is 9.37. The molecule has 0 radical (unpaired) electrons. The third-order valence-electron chi connectivity index (χ3n) is 6.74. The number of hydrogen-bond acceptors (Lipinski definition) is 5. The molecule has 2 saturated heterocycles. The first-order chi connectivity index (χ1) is 16.5. The number of oxazole rings is 1. The summed E-state index contributed by atoms with van der Waals surface area (Å²) in [6, 6.07) is 12.7. The Kier molecular flexibility index (Phi) is 6.13. The summed E-state index contributed by atoms with van der Waals surface area (Å²) in [6.45, 7) is 5.33. The second-order valence-electron chi connectivity index (χ2n) is 8.79. The van der Waals surface area contributed by atoms with Crippen LogP contribution in [0.1, 0.15) is 30.3 Å². The maximum atomic E-state index is 13.3. The smallest absolute Gasteiger partial charge is 0.320 e. The lowest BCUT2D eigenvalue weighted by Gasteiger charge is -2.39. The van der Waals surface area contributed by atoms with Crippen molar-refractivity contribution in [2.75, 3.05) is 44.7 Å². The van der Waals surface area contributed by atoms with E-state index in [1.807, 2.05) is 28.9 Å². The predicted octanol–water partition coefficient (Wildman–Crippen LogP) is 4.88. The number of carbonyl (C=O) groups is 1. The van der Waals surface area contributed by atoms with Crippen molar-refractivity contribution in [1.82, 2.24) is 14.8 Å². The average Bonchev–Trinajstić information content (AvgIpc) is 3.53. The van der Waals surface area contributed by atoms with Crippen LogP contribution in [0.25, 0.3) is 11.3 Å². The molecule has 0 spiro atoms. The number of carbonyl (C=O) groups excluding carboxylic acids is 1. The number of rotatable bonds is 4. The molecule has 1 aromatic heterocycles. The van der Waals surface area contributed by atoms with E-state index in [-0.39, 0.29) is 17.9 Å². The molecule has 34 heavy (non-hydrogen) atoms. The number of methoxy groups -OCH3 is 1. The fourth-order valence-electron chi connectivity index (χ4n) is 4.93. The van der Waals surface area contributed by atoms with Crippen LogP contribution in [0.15, 0.2) is 53.1 Å². The first-order valence-corrected chi connectivity index (χ1v) is 11.7. The van der Waals surface area contributed by atoms with Gasteiger partial charge >= 0.3 is 6.03 Å². The highest BCUT2D eigenvalue weighted by molar-refractivity contribution is 5.76. The van der Waals surface area contributed by atoms with Gasteiger partial charge in [0, 0.05) is 51.4 Å². The highest BCUT2D eigenvalue weighted by Crippen LogP contribution is 2.35. The molecule has 178 valence electrons. The van der Waals surface area contributed by atoms with Crippen molar-refractivity contribution in [3.8, 4) is 17.1 Å². The number of halogens is 1. The number of anilines is 1. The van der Waals surface area contributed by atoms with Crippen LogP contribution < -0.4 is 9.64 Å². The number of aryl methyl sites for hydroxylation is 1. The molecule has 5 rings (SSSR count). The van der Waals surface area contributed by atoms with Crippen LogP contribution >= 0.6 is 0 Å². The van der Waals surface area contributed by atoms with E-state index in [2.05, 4.69) is 16.0 Å². The highest BCUT2D eigenvalue weighted by Gasteiger charge is 2.34. The van der Waals surface area contributed by atoms with Crippen LogP contribution in [0.2, 0.25) is 0 Å². The molecule has 1 atom stereocenters. The molecule has 3 heterocycles. The third kappa shape index (κ3) is 4.32. The van der Waals surface area contributed by atoms with Crippen LogP contribution in [-0.4, -0.2) is 60.6 Å². The van der Waals surface area contributed by atoms with Gasteiger partial charge in [0.05, 0.1) is 24.9 Å². The van der Waals surface area contributed by atoms with Crippen molar-refractivity contribution >= 4 is 11.7 Å². The maximum absolute atomic E-state index is 13.3. The Balaban J connectivity index is 1.24. The summed E-state index contributed by atoms with van der Waals surface area (Å²) in [5.74, 6) is 1.77. The Hall–Kier alpha value is -3.55. The number of piperazine rings is 1. The normalized spacial score (nSPS) is 18.4. The molecule has 7 nitrogen and oxygen atoms in total. The predicted molar refractivity (Wildman–Crippen MR) is 127 cm³/mol. The van der Waals surface area contributed by atoms with Crippen LogP contribution in [-0.2, 0) is 0 Å². The number of hydrogen-bond donors (Lipinski definition) is 0. The number of likely N-dealkylation sites (tertiary alicyclic amines) is 1. The molecular weight excluding hydrogens is 435 g/mol. The number of ether oxygens (including phenoxy) is 1. The number of nitrogens with zero attached hydrogens (tertiary/aromatic N) is 4. The average molecular weight is 465 g/mol. The van der Waals surface area contributed by atoms with Crippen molar-refractivity contribution in [3.63, 3.8) is 0 Å². The molecule has 2 amide bonds. The lowest BCUT2D eigenvalue weighted by Crippen LogP contribution is -2.52. The van der Waals surface area contributed by atoms with Gasteiger partial charge in [-0.3, -0.25) is 0 Å². The van der Waals surface area contributed by atoms with Gasteiger partial charge in [0.25, 0.3) is 0 Å². The van der Waals surface area contributed by atoms with E-state index in [0.717, 1.165) is 55.0 Å². The van der Waals surface area contributed by atoms with E-state index >= 15 is 0 Å². The van der Waals surface area contributed by atoms with Gasteiger partial charge in [0.15, 0.2) is 11.7 Å². The van der Waals surface area contributed by atoms with Gasteiger partial charge in [-0.1, -0.05) is 12.1 Å². The summed E-state index contributed by atoms with van der Waals surface area (Å²) >= 11 is 0. The Morgan fingerprint density at radius 2 is 1.85 bits per heavy atom. The fraction of sp³-hybridized carbons (Fsp3) is 0.385. The maximum Gasteiger partial charge on any atom is 0.320 e. The first kappa shape index (κ1) is 22.3. The van der Waals surface area contributed by atoms with Crippen molar-refractivity contribution in [2.24, 2.45) is 0 Å². The van der Waals surface area contributed by atoms with Gasteiger partial charge in [-0.15, -0.1) is 0 Å². The number of amides is 2. The molecule has 0 aliphatic carbocycles. The standard InChI is InChI=1S/C26H29FN4O3/c1-18-28-17-25(34-18)22-10-9-21(16-24(22)33-2)29-12-14-30(15-13-29)26(32)31-11-3-4-23(31)19-5-7-20(27)8-6-19/h5-10,16-17,23H,3-4,11-15H2,1-2H3. The molecule has 0 N–H and O–H groups in total. The van der Waals surface area contributed by atoms with Gasteiger partial charge < -0.3 is 23.9 Å². The zero-order chi connectivity index (χ0) is 23.7. The highest BCUT2D eigenvalue weighted by atomic mass is 19.1. The molecule has 3 aromatic rings. The quantitative estimate of drug-likeness (QED) is 0.551. The van der Waals surface area contributed by atoms with Gasteiger partial charge in [-0.05, 0) is 42.7 Å². The van der Waals surface area contributed by atoms with Crippen molar-refractivity contribution in [2.45, 2.75) is 25.8 Å². The Bertz CT molecular complexity index is 1160. The summed E-state index contributed by atoms with van der Waals surface area (Å²) in [5, 5.41) is 0. The van der Waals surface area contributed by atoms with Crippen molar-refractivity contribution in [3.05, 3.63) is 65.9 Å². The minimum absolute atomic E-state index is 0.0164. The molecule has 2 fully saturated rings. The Morgan fingerprint density at radius 1 is 1.09 bits per heavy atom. The monoisotopic (exact) mass is 464 g/mol. The summed E-state index contributed by atoms with van der Waals surface area (Å²) in [5.41, 5.74) is 2.91. The van der Waals surface area contributed by atoms with Gasteiger partial charge in [0.2, 0.25) is 0 Å².